The second-order valence-electron chi connectivity index (χ2n) is 6.54. The maximum atomic E-state index is 3.99. The van der Waals surface area contributed by atoms with Crippen molar-refractivity contribution in [2.75, 3.05) is 11.5 Å². The molecule has 2 fully saturated rings. The van der Waals surface area contributed by atoms with Crippen LogP contribution in [0.5, 0.6) is 0 Å². The summed E-state index contributed by atoms with van der Waals surface area (Å²) in [4.78, 5) is 0. The van der Waals surface area contributed by atoms with Gasteiger partial charge in [0.1, 0.15) is 0 Å². The Morgan fingerprint density at radius 2 is 1.11 bits per heavy atom. The highest BCUT2D eigenvalue weighted by atomic mass is 32.2. The van der Waals surface area contributed by atoms with Crippen molar-refractivity contribution in [1.29, 1.82) is 0 Å². The first kappa shape index (κ1) is 15.7. The van der Waals surface area contributed by atoms with Crippen LogP contribution < -0.4 is 5.32 Å². The molecule has 2 rings (SSSR count). The maximum absolute atomic E-state index is 3.99. The Morgan fingerprint density at radius 3 is 1.63 bits per heavy atom. The summed E-state index contributed by atoms with van der Waals surface area (Å²) in [6.45, 7) is 0. The highest BCUT2D eigenvalue weighted by Crippen LogP contribution is 2.21. The first-order valence-corrected chi connectivity index (χ1v) is 9.94. The van der Waals surface area contributed by atoms with E-state index in [4.69, 9.17) is 0 Å². The van der Waals surface area contributed by atoms with Crippen molar-refractivity contribution in [3.63, 3.8) is 0 Å². The highest BCUT2D eigenvalue weighted by molar-refractivity contribution is 7.99. The van der Waals surface area contributed by atoms with Crippen molar-refractivity contribution in [2.24, 2.45) is 0 Å². The minimum absolute atomic E-state index is 0.816. The molecule has 2 heteroatoms. The summed E-state index contributed by atoms with van der Waals surface area (Å²) < 4.78 is 0. The molecule has 2 aliphatic rings. The van der Waals surface area contributed by atoms with Gasteiger partial charge in [0.25, 0.3) is 0 Å². The average molecular weight is 284 g/mol. The number of thioether (sulfide) groups is 1. The molecule has 1 nitrogen and oxygen atoms in total. The molecule has 112 valence electrons. The third-order valence-corrected chi connectivity index (χ3v) is 5.95. The van der Waals surface area contributed by atoms with Crippen LogP contribution in [-0.2, 0) is 0 Å². The van der Waals surface area contributed by atoms with E-state index >= 15 is 0 Å². The average Bonchev–Trinajstić information content (AvgIpc) is 2.43. The molecule has 1 N–H and O–H groups in total. The van der Waals surface area contributed by atoms with Gasteiger partial charge in [0, 0.05) is 17.8 Å². The van der Waals surface area contributed by atoms with Gasteiger partial charge < -0.3 is 5.32 Å². The van der Waals surface area contributed by atoms with E-state index in [-0.39, 0.29) is 0 Å². The lowest BCUT2D eigenvalue weighted by Gasteiger charge is -2.28. The third-order valence-electron chi connectivity index (χ3n) is 4.74. The lowest BCUT2D eigenvalue weighted by molar-refractivity contribution is 0.361. The lowest BCUT2D eigenvalue weighted by atomic mass is 9.97. The van der Waals surface area contributed by atoms with E-state index in [1.165, 1.54) is 95.0 Å². The van der Waals surface area contributed by atoms with E-state index in [2.05, 4.69) is 17.1 Å². The van der Waals surface area contributed by atoms with Crippen LogP contribution in [0, 0.1) is 0 Å². The molecule has 0 bridgehead atoms. The zero-order chi connectivity index (χ0) is 13.2. The van der Waals surface area contributed by atoms with Gasteiger partial charge >= 0.3 is 0 Å². The summed E-state index contributed by atoms with van der Waals surface area (Å²) in [6.07, 6.45) is 19.0. The van der Waals surface area contributed by atoms with Crippen molar-refractivity contribution in [2.45, 2.75) is 95.6 Å². The topological polar surface area (TPSA) is 12.0 Å². The van der Waals surface area contributed by atoms with Crippen LogP contribution >= 0.6 is 11.8 Å². The summed E-state index contributed by atoms with van der Waals surface area (Å²) in [5.74, 6) is 2.75. The molecule has 1 unspecified atom stereocenters. The Bertz CT molecular complexity index is 201. The number of rotatable bonds is 2. The summed E-state index contributed by atoms with van der Waals surface area (Å²) in [5.41, 5.74) is 0. The monoisotopic (exact) mass is 283 g/mol. The van der Waals surface area contributed by atoms with Crippen LogP contribution in [0.2, 0.25) is 0 Å². The van der Waals surface area contributed by atoms with E-state index in [1.807, 2.05) is 0 Å². The summed E-state index contributed by atoms with van der Waals surface area (Å²) in [5, 5.41) is 3.99. The predicted molar refractivity (Wildman–Crippen MR) is 88.1 cm³/mol. The van der Waals surface area contributed by atoms with Gasteiger partial charge in [-0.1, -0.05) is 57.8 Å². The number of nitrogens with one attached hydrogen (secondary N) is 1. The third kappa shape index (κ3) is 7.04. The first-order chi connectivity index (χ1) is 9.45. The second-order valence-corrected chi connectivity index (χ2v) is 7.69. The number of hydrogen-bond acceptors (Lipinski definition) is 2. The van der Waals surface area contributed by atoms with E-state index in [0.29, 0.717) is 0 Å². The quantitative estimate of drug-likeness (QED) is 0.752. The molecule has 1 aliphatic heterocycles. The fraction of sp³-hybridized carbons (Fsp3) is 1.00. The van der Waals surface area contributed by atoms with E-state index in [1.54, 1.807) is 0 Å². The minimum Gasteiger partial charge on any atom is -0.310 e. The standard InChI is InChI=1S/C17H33NS/c1-2-4-6-8-11-16(12-9-7-5-3-1)18-17-13-10-14-19-15-17/h16-18H,1-15H2. The van der Waals surface area contributed by atoms with Crippen LogP contribution in [0.3, 0.4) is 0 Å². The largest absolute Gasteiger partial charge is 0.310 e. The SMILES string of the molecule is C1CCCCCC(NC2CCCSC2)CCCCC1. The fourth-order valence-electron chi connectivity index (χ4n) is 3.54. The van der Waals surface area contributed by atoms with Crippen LogP contribution in [-0.4, -0.2) is 23.6 Å². The fourth-order valence-corrected chi connectivity index (χ4v) is 4.62. The van der Waals surface area contributed by atoms with Gasteiger partial charge in [-0.25, -0.2) is 0 Å². The Hall–Kier alpha value is 0.310. The Balaban J connectivity index is 1.70. The molecule has 0 spiro atoms. The second kappa shape index (κ2) is 10.1. The normalized spacial score (nSPS) is 29.4. The molecular formula is C17H33NS. The van der Waals surface area contributed by atoms with Crippen LogP contribution in [0.15, 0.2) is 0 Å². The molecular weight excluding hydrogens is 250 g/mol. The predicted octanol–water partition coefficient (Wildman–Crippen LogP) is 5.14. The van der Waals surface area contributed by atoms with E-state index in [9.17, 15) is 0 Å². The van der Waals surface area contributed by atoms with Gasteiger partial charge in [-0.15, -0.1) is 0 Å². The van der Waals surface area contributed by atoms with Crippen molar-refractivity contribution >= 4 is 11.8 Å². The van der Waals surface area contributed by atoms with Crippen LogP contribution in [0.4, 0.5) is 0 Å². The highest BCUT2D eigenvalue weighted by Gasteiger charge is 2.17. The molecule has 0 radical (unpaired) electrons. The summed E-state index contributed by atoms with van der Waals surface area (Å²) in [7, 11) is 0. The van der Waals surface area contributed by atoms with Gasteiger partial charge in [-0.3, -0.25) is 0 Å². The maximum Gasteiger partial charge on any atom is 0.0161 e. The molecule has 19 heavy (non-hydrogen) atoms. The van der Waals surface area contributed by atoms with Crippen LogP contribution in [0.25, 0.3) is 0 Å². The lowest BCUT2D eigenvalue weighted by Crippen LogP contribution is -2.41. The summed E-state index contributed by atoms with van der Waals surface area (Å²) in [6, 6.07) is 1.64. The molecule has 1 saturated carbocycles. The molecule has 1 atom stereocenters. The molecule has 0 aromatic rings. The Kier molecular flexibility index (Phi) is 8.34. The molecule has 1 aliphatic carbocycles. The molecule has 0 amide bonds. The van der Waals surface area contributed by atoms with Crippen molar-refractivity contribution in [3.8, 4) is 0 Å². The Labute approximate surface area is 124 Å². The first-order valence-electron chi connectivity index (χ1n) is 8.79. The summed E-state index contributed by atoms with van der Waals surface area (Å²) >= 11 is 2.15. The zero-order valence-corrected chi connectivity index (χ0v) is 13.5. The molecule has 1 heterocycles. The zero-order valence-electron chi connectivity index (χ0n) is 12.7. The number of hydrogen-bond donors (Lipinski definition) is 1. The van der Waals surface area contributed by atoms with E-state index in [0.717, 1.165) is 12.1 Å². The smallest absolute Gasteiger partial charge is 0.0161 e. The molecule has 0 aromatic carbocycles. The van der Waals surface area contributed by atoms with Crippen molar-refractivity contribution in [1.82, 2.24) is 5.32 Å². The van der Waals surface area contributed by atoms with Crippen molar-refractivity contribution in [3.05, 3.63) is 0 Å². The Morgan fingerprint density at radius 1 is 0.579 bits per heavy atom. The van der Waals surface area contributed by atoms with Crippen LogP contribution in [0.1, 0.15) is 83.5 Å². The van der Waals surface area contributed by atoms with E-state index < -0.39 is 0 Å². The van der Waals surface area contributed by atoms with Gasteiger partial charge in [0.2, 0.25) is 0 Å². The molecule has 1 saturated heterocycles. The van der Waals surface area contributed by atoms with Gasteiger partial charge in [0.05, 0.1) is 0 Å². The van der Waals surface area contributed by atoms with Gasteiger partial charge in [-0.05, 0) is 31.4 Å². The van der Waals surface area contributed by atoms with Gasteiger partial charge in [-0.2, -0.15) is 11.8 Å². The van der Waals surface area contributed by atoms with Gasteiger partial charge in [0.15, 0.2) is 0 Å². The molecule has 0 aromatic heterocycles. The van der Waals surface area contributed by atoms with Crippen molar-refractivity contribution < 1.29 is 0 Å². The minimum atomic E-state index is 0.816.